The molecular weight excluding hydrogens is 384 g/mol. The van der Waals surface area contributed by atoms with Crippen LogP contribution < -0.4 is 14.2 Å². The number of benzene rings is 1. The topological polar surface area (TPSA) is 104 Å². The number of carbonyl (C=O) groups excluding carboxylic acids is 3. The Hall–Kier alpha value is -3.17. The molecule has 0 atom stereocenters. The van der Waals surface area contributed by atoms with E-state index in [9.17, 15) is 14.4 Å². The van der Waals surface area contributed by atoms with Gasteiger partial charge in [0.2, 0.25) is 5.75 Å². The van der Waals surface area contributed by atoms with Gasteiger partial charge in [-0.3, -0.25) is 4.79 Å². The summed E-state index contributed by atoms with van der Waals surface area (Å²) in [5, 5.41) is 0. The third kappa shape index (κ3) is 5.43. The first-order valence-corrected chi connectivity index (χ1v) is 9.11. The van der Waals surface area contributed by atoms with E-state index < -0.39 is 18.7 Å². The van der Waals surface area contributed by atoms with Gasteiger partial charge in [0.25, 0.3) is 5.91 Å². The summed E-state index contributed by atoms with van der Waals surface area (Å²) < 4.78 is 25.7. The van der Waals surface area contributed by atoms with E-state index in [0.29, 0.717) is 50.0 Å². The summed E-state index contributed by atoms with van der Waals surface area (Å²) in [5.41, 5.74) is 0.166. The highest BCUT2D eigenvalue weighted by Gasteiger charge is 2.26. The molecule has 1 saturated heterocycles. The van der Waals surface area contributed by atoms with Gasteiger partial charge in [-0.25, -0.2) is 9.59 Å². The minimum atomic E-state index is -0.692. The van der Waals surface area contributed by atoms with Crippen molar-refractivity contribution >= 4 is 18.0 Å². The van der Waals surface area contributed by atoms with Gasteiger partial charge in [0, 0.05) is 26.2 Å². The van der Waals surface area contributed by atoms with Crippen LogP contribution >= 0.6 is 0 Å². The van der Waals surface area contributed by atoms with Crippen molar-refractivity contribution in [3.63, 3.8) is 0 Å². The van der Waals surface area contributed by atoms with Crippen molar-refractivity contribution in [3.8, 4) is 17.2 Å². The van der Waals surface area contributed by atoms with E-state index in [0.717, 1.165) is 0 Å². The van der Waals surface area contributed by atoms with Crippen LogP contribution in [0.5, 0.6) is 17.2 Å². The zero-order valence-electron chi connectivity index (χ0n) is 17.1. The van der Waals surface area contributed by atoms with Gasteiger partial charge in [-0.1, -0.05) is 0 Å². The van der Waals surface area contributed by atoms with Gasteiger partial charge in [-0.05, 0) is 19.1 Å². The maximum Gasteiger partial charge on any atom is 0.409 e. The molecule has 0 bridgehead atoms. The largest absolute Gasteiger partial charge is 0.493 e. The second kappa shape index (κ2) is 10.4. The summed E-state index contributed by atoms with van der Waals surface area (Å²) in [4.78, 5) is 39.5. The molecule has 1 aromatic carbocycles. The van der Waals surface area contributed by atoms with E-state index in [1.165, 1.54) is 43.3 Å². The Labute approximate surface area is 169 Å². The molecule has 0 unspecified atom stereocenters. The van der Waals surface area contributed by atoms with Crippen LogP contribution in [-0.4, -0.2) is 88.5 Å². The molecule has 1 heterocycles. The summed E-state index contributed by atoms with van der Waals surface area (Å²) in [6.07, 6.45) is -0.395. The van der Waals surface area contributed by atoms with E-state index in [1.807, 2.05) is 0 Å². The predicted molar refractivity (Wildman–Crippen MR) is 102 cm³/mol. The standard InChI is InChI=1S/C19H26N2O8/c1-5-28-19(24)21-8-6-20(7-9-21)16(22)12-29-18(23)13-10-14(25-2)17(27-4)15(11-13)26-3/h10-11H,5-9,12H2,1-4H3. The Morgan fingerprint density at radius 2 is 1.41 bits per heavy atom. The Kier molecular flexibility index (Phi) is 7.93. The average Bonchev–Trinajstić information content (AvgIpc) is 2.76. The summed E-state index contributed by atoms with van der Waals surface area (Å²) in [6, 6.07) is 2.90. The van der Waals surface area contributed by atoms with E-state index in [2.05, 4.69) is 0 Å². The van der Waals surface area contributed by atoms with Crippen LogP contribution in [0.4, 0.5) is 4.79 Å². The number of rotatable bonds is 7. The van der Waals surface area contributed by atoms with Crippen LogP contribution in [0.1, 0.15) is 17.3 Å². The Bertz CT molecular complexity index is 719. The van der Waals surface area contributed by atoms with Gasteiger partial charge in [0.05, 0.1) is 33.5 Å². The van der Waals surface area contributed by atoms with Crippen molar-refractivity contribution < 1.29 is 38.1 Å². The molecule has 0 aliphatic carbocycles. The van der Waals surface area contributed by atoms with Crippen molar-refractivity contribution in [2.45, 2.75) is 6.92 Å². The zero-order chi connectivity index (χ0) is 21.4. The number of methoxy groups -OCH3 is 3. The molecule has 0 radical (unpaired) electrons. The van der Waals surface area contributed by atoms with Crippen LogP contribution in [0.2, 0.25) is 0 Å². The molecule has 160 valence electrons. The first kappa shape index (κ1) is 22.1. The Balaban J connectivity index is 1.92. The number of ether oxygens (including phenoxy) is 5. The maximum absolute atomic E-state index is 12.4. The van der Waals surface area contributed by atoms with Crippen molar-refractivity contribution in [1.82, 2.24) is 9.80 Å². The van der Waals surface area contributed by atoms with E-state index >= 15 is 0 Å². The number of hydrogen-bond acceptors (Lipinski definition) is 8. The number of amides is 2. The monoisotopic (exact) mass is 410 g/mol. The van der Waals surface area contributed by atoms with E-state index in [1.54, 1.807) is 6.92 Å². The molecular formula is C19H26N2O8. The molecule has 0 N–H and O–H groups in total. The summed E-state index contributed by atoms with van der Waals surface area (Å²) in [5.74, 6) is -0.0698. The van der Waals surface area contributed by atoms with Crippen molar-refractivity contribution in [2.24, 2.45) is 0 Å². The second-order valence-electron chi connectivity index (χ2n) is 6.06. The molecule has 29 heavy (non-hydrogen) atoms. The fourth-order valence-electron chi connectivity index (χ4n) is 2.85. The smallest absolute Gasteiger partial charge is 0.409 e. The fourth-order valence-corrected chi connectivity index (χ4v) is 2.85. The first-order chi connectivity index (χ1) is 13.9. The number of carbonyl (C=O) groups is 3. The van der Waals surface area contributed by atoms with Gasteiger partial charge in [0.1, 0.15) is 0 Å². The second-order valence-corrected chi connectivity index (χ2v) is 6.06. The van der Waals surface area contributed by atoms with E-state index in [4.69, 9.17) is 23.7 Å². The Morgan fingerprint density at radius 1 is 0.862 bits per heavy atom. The summed E-state index contributed by atoms with van der Waals surface area (Å²) in [6.45, 7) is 3.05. The van der Waals surface area contributed by atoms with Gasteiger partial charge in [0.15, 0.2) is 18.1 Å². The molecule has 2 rings (SSSR count). The zero-order valence-corrected chi connectivity index (χ0v) is 17.1. The molecule has 0 saturated carbocycles. The first-order valence-electron chi connectivity index (χ1n) is 9.11. The van der Waals surface area contributed by atoms with Crippen LogP contribution in [0.25, 0.3) is 0 Å². The van der Waals surface area contributed by atoms with Crippen LogP contribution in [-0.2, 0) is 14.3 Å². The van der Waals surface area contributed by atoms with Crippen molar-refractivity contribution in [3.05, 3.63) is 17.7 Å². The third-order valence-corrected chi connectivity index (χ3v) is 4.39. The van der Waals surface area contributed by atoms with Gasteiger partial charge < -0.3 is 33.5 Å². The van der Waals surface area contributed by atoms with Crippen LogP contribution in [0.3, 0.4) is 0 Å². The lowest BCUT2D eigenvalue weighted by molar-refractivity contribution is -0.136. The quantitative estimate of drug-likeness (QED) is 0.617. The Morgan fingerprint density at radius 3 is 1.90 bits per heavy atom. The molecule has 0 spiro atoms. The maximum atomic E-state index is 12.4. The molecule has 0 aromatic heterocycles. The van der Waals surface area contributed by atoms with Crippen LogP contribution in [0.15, 0.2) is 12.1 Å². The molecule has 1 aliphatic heterocycles. The number of esters is 1. The van der Waals surface area contributed by atoms with Gasteiger partial charge in [-0.2, -0.15) is 0 Å². The molecule has 1 fully saturated rings. The van der Waals surface area contributed by atoms with Crippen LogP contribution in [0, 0.1) is 0 Å². The summed E-state index contributed by atoms with van der Waals surface area (Å²) >= 11 is 0. The third-order valence-electron chi connectivity index (χ3n) is 4.39. The normalized spacial score (nSPS) is 13.5. The molecule has 10 nitrogen and oxygen atoms in total. The predicted octanol–water partition coefficient (Wildman–Crippen LogP) is 1.17. The average molecular weight is 410 g/mol. The molecule has 1 aliphatic rings. The lowest BCUT2D eigenvalue weighted by Gasteiger charge is -2.33. The molecule has 10 heteroatoms. The fraction of sp³-hybridized carbons (Fsp3) is 0.526. The number of hydrogen-bond donors (Lipinski definition) is 0. The number of piperazine rings is 1. The number of nitrogens with zero attached hydrogens (tertiary/aromatic N) is 2. The highest BCUT2D eigenvalue weighted by atomic mass is 16.6. The molecule has 2 amide bonds. The highest BCUT2D eigenvalue weighted by Crippen LogP contribution is 2.38. The lowest BCUT2D eigenvalue weighted by Crippen LogP contribution is -2.51. The minimum Gasteiger partial charge on any atom is -0.493 e. The van der Waals surface area contributed by atoms with E-state index in [-0.39, 0.29) is 11.5 Å². The van der Waals surface area contributed by atoms with Crippen molar-refractivity contribution in [2.75, 3.05) is 60.7 Å². The van der Waals surface area contributed by atoms with Gasteiger partial charge in [-0.15, -0.1) is 0 Å². The SMILES string of the molecule is CCOC(=O)N1CCN(C(=O)COC(=O)c2cc(OC)c(OC)c(OC)c2)CC1. The highest BCUT2D eigenvalue weighted by molar-refractivity contribution is 5.92. The summed E-state index contributed by atoms with van der Waals surface area (Å²) in [7, 11) is 4.33. The van der Waals surface area contributed by atoms with Crippen molar-refractivity contribution in [1.29, 1.82) is 0 Å². The molecule has 1 aromatic rings. The lowest BCUT2D eigenvalue weighted by atomic mass is 10.2. The van der Waals surface area contributed by atoms with Gasteiger partial charge >= 0.3 is 12.1 Å². The minimum absolute atomic E-state index is 0.166.